The van der Waals surface area contributed by atoms with Crippen molar-refractivity contribution in [3.63, 3.8) is 0 Å². The van der Waals surface area contributed by atoms with Crippen LogP contribution in [-0.2, 0) is 0 Å². The van der Waals surface area contributed by atoms with Gasteiger partial charge in [-0.05, 0) is 24.3 Å². The number of anilines is 1. The molecule has 0 unspecified atom stereocenters. The molecule has 7 heteroatoms. The molecule has 0 atom stereocenters. The van der Waals surface area contributed by atoms with Crippen LogP contribution < -0.4 is 5.32 Å². The fraction of sp³-hybridized carbons (Fsp3) is 0.0625. The summed E-state index contributed by atoms with van der Waals surface area (Å²) in [6.45, 7) is 1.75. The van der Waals surface area contributed by atoms with Gasteiger partial charge in [0, 0.05) is 13.0 Å². The van der Waals surface area contributed by atoms with E-state index in [1.54, 1.807) is 31.2 Å². The van der Waals surface area contributed by atoms with E-state index in [1.807, 2.05) is 6.07 Å². The fourth-order valence-corrected chi connectivity index (χ4v) is 2.26. The zero-order chi connectivity index (χ0) is 15.8. The van der Waals surface area contributed by atoms with Gasteiger partial charge in [-0.3, -0.25) is 4.79 Å². The Morgan fingerprint density at radius 3 is 2.91 bits per heavy atom. The smallest absolute Gasteiger partial charge is 0.277 e. The monoisotopic (exact) mass is 309 g/mol. The second-order valence-electron chi connectivity index (χ2n) is 4.89. The van der Waals surface area contributed by atoms with Crippen LogP contribution >= 0.6 is 0 Å². The maximum Gasteiger partial charge on any atom is 0.277 e. The lowest BCUT2D eigenvalue weighted by Crippen LogP contribution is -2.12. The van der Waals surface area contributed by atoms with E-state index in [2.05, 4.69) is 15.5 Å². The summed E-state index contributed by atoms with van der Waals surface area (Å²) in [6, 6.07) is 10.3. The number of carbonyl (C=O) groups excluding carboxylic acids is 1. The molecule has 23 heavy (non-hydrogen) atoms. The number of hydrogen-bond acceptors (Lipinski definition) is 6. The number of benzene rings is 1. The van der Waals surface area contributed by atoms with Gasteiger partial charge in [0.25, 0.3) is 5.91 Å². The van der Waals surface area contributed by atoms with E-state index < -0.39 is 5.91 Å². The van der Waals surface area contributed by atoms with Gasteiger partial charge >= 0.3 is 0 Å². The molecular formula is C16H11N3O4. The van der Waals surface area contributed by atoms with Crippen LogP contribution in [0, 0.1) is 6.92 Å². The third kappa shape index (κ3) is 2.38. The average Bonchev–Trinajstić information content (AvgIpc) is 3.26. The van der Waals surface area contributed by atoms with Crippen molar-refractivity contribution in [3.05, 3.63) is 54.2 Å². The third-order valence-electron chi connectivity index (χ3n) is 3.28. The summed E-state index contributed by atoms with van der Waals surface area (Å²) in [4.78, 5) is 16.5. The maximum absolute atomic E-state index is 12.3. The zero-order valence-corrected chi connectivity index (χ0v) is 12.1. The second-order valence-corrected chi connectivity index (χ2v) is 4.89. The third-order valence-corrected chi connectivity index (χ3v) is 3.28. The number of oxazole rings is 1. The molecule has 1 aromatic carbocycles. The van der Waals surface area contributed by atoms with Crippen molar-refractivity contribution in [2.75, 3.05) is 5.32 Å². The summed E-state index contributed by atoms with van der Waals surface area (Å²) in [5.41, 5.74) is 1.87. The van der Waals surface area contributed by atoms with Crippen molar-refractivity contribution in [2.45, 2.75) is 6.92 Å². The maximum atomic E-state index is 12.3. The van der Waals surface area contributed by atoms with Crippen LogP contribution in [0.2, 0.25) is 0 Å². The quantitative estimate of drug-likeness (QED) is 0.621. The Morgan fingerprint density at radius 1 is 1.17 bits per heavy atom. The van der Waals surface area contributed by atoms with Gasteiger partial charge in [0.1, 0.15) is 5.52 Å². The van der Waals surface area contributed by atoms with Gasteiger partial charge < -0.3 is 18.7 Å². The van der Waals surface area contributed by atoms with Gasteiger partial charge in [0.15, 0.2) is 22.9 Å². The van der Waals surface area contributed by atoms with E-state index in [4.69, 9.17) is 13.4 Å². The number of aromatic nitrogens is 2. The highest BCUT2D eigenvalue weighted by Gasteiger charge is 2.17. The molecule has 114 valence electrons. The predicted octanol–water partition coefficient (Wildman–Crippen LogP) is 3.64. The summed E-state index contributed by atoms with van der Waals surface area (Å²) < 4.78 is 15.8. The van der Waals surface area contributed by atoms with Crippen molar-refractivity contribution in [3.8, 4) is 11.5 Å². The molecule has 4 aromatic rings. The standard InChI is InChI=1S/C16H11N3O4/c1-9-17-10-4-2-5-11(15(10)22-9)18-16(20)12-8-14(23-19-12)13-6-3-7-21-13/h2-8H,1H3,(H,18,20). The van der Waals surface area contributed by atoms with Crippen molar-refractivity contribution in [1.29, 1.82) is 0 Å². The Labute approximate surface area is 129 Å². The predicted molar refractivity (Wildman–Crippen MR) is 80.9 cm³/mol. The largest absolute Gasteiger partial charge is 0.461 e. The molecule has 0 saturated carbocycles. The minimum absolute atomic E-state index is 0.143. The Kier molecular flexibility index (Phi) is 2.97. The molecule has 0 aliphatic carbocycles. The van der Waals surface area contributed by atoms with E-state index in [0.29, 0.717) is 34.2 Å². The Bertz CT molecular complexity index is 982. The Balaban J connectivity index is 1.62. The fourth-order valence-electron chi connectivity index (χ4n) is 2.26. The summed E-state index contributed by atoms with van der Waals surface area (Å²) in [5.74, 6) is 1.01. The number of nitrogens with one attached hydrogen (secondary N) is 1. The number of fused-ring (bicyclic) bond motifs is 1. The van der Waals surface area contributed by atoms with Gasteiger partial charge in [-0.25, -0.2) is 4.98 Å². The molecular weight excluding hydrogens is 298 g/mol. The van der Waals surface area contributed by atoms with Gasteiger partial charge in [-0.15, -0.1) is 0 Å². The van der Waals surface area contributed by atoms with E-state index in [0.717, 1.165) is 0 Å². The minimum Gasteiger partial charge on any atom is -0.461 e. The molecule has 1 N–H and O–H groups in total. The minimum atomic E-state index is -0.409. The number of aryl methyl sites for hydroxylation is 1. The number of amides is 1. The molecule has 7 nitrogen and oxygen atoms in total. The summed E-state index contributed by atoms with van der Waals surface area (Å²) in [6.07, 6.45) is 1.52. The zero-order valence-electron chi connectivity index (χ0n) is 12.1. The topological polar surface area (TPSA) is 94.3 Å². The number of hydrogen-bond donors (Lipinski definition) is 1. The molecule has 0 aliphatic heterocycles. The van der Waals surface area contributed by atoms with Crippen LogP contribution in [-0.4, -0.2) is 16.0 Å². The first kappa shape index (κ1) is 13.3. The van der Waals surface area contributed by atoms with E-state index >= 15 is 0 Å². The van der Waals surface area contributed by atoms with Crippen molar-refractivity contribution in [2.24, 2.45) is 0 Å². The molecule has 1 amide bonds. The summed E-state index contributed by atoms with van der Waals surface area (Å²) >= 11 is 0. The van der Waals surface area contributed by atoms with Gasteiger partial charge in [0.2, 0.25) is 5.76 Å². The molecule has 0 saturated heterocycles. The van der Waals surface area contributed by atoms with Crippen LogP contribution in [0.3, 0.4) is 0 Å². The summed E-state index contributed by atoms with van der Waals surface area (Å²) in [5, 5.41) is 6.51. The molecule has 0 radical (unpaired) electrons. The number of nitrogens with zero attached hydrogens (tertiary/aromatic N) is 2. The molecule has 4 rings (SSSR count). The normalized spacial score (nSPS) is 11.0. The van der Waals surface area contributed by atoms with Crippen molar-refractivity contribution in [1.82, 2.24) is 10.1 Å². The second kappa shape index (κ2) is 5.13. The van der Waals surface area contributed by atoms with Gasteiger partial charge in [-0.1, -0.05) is 11.2 Å². The van der Waals surface area contributed by atoms with Crippen LogP contribution in [0.4, 0.5) is 5.69 Å². The average molecular weight is 309 g/mol. The molecule has 0 fully saturated rings. The summed E-state index contributed by atoms with van der Waals surface area (Å²) in [7, 11) is 0. The first-order valence-electron chi connectivity index (χ1n) is 6.89. The lowest BCUT2D eigenvalue weighted by Gasteiger charge is -2.02. The van der Waals surface area contributed by atoms with Crippen LogP contribution in [0.1, 0.15) is 16.4 Å². The number of rotatable bonds is 3. The molecule has 0 aliphatic rings. The van der Waals surface area contributed by atoms with E-state index in [1.165, 1.54) is 12.3 Å². The first-order chi connectivity index (χ1) is 11.2. The molecule has 3 heterocycles. The van der Waals surface area contributed by atoms with E-state index in [-0.39, 0.29) is 5.69 Å². The van der Waals surface area contributed by atoms with Gasteiger partial charge in [0.05, 0.1) is 12.0 Å². The van der Waals surface area contributed by atoms with Crippen LogP contribution in [0.15, 0.2) is 56.0 Å². The molecule has 0 spiro atoms. The number of furan rings is 1. The number of carbonyl (C=O) groups is 1. The molecule has 3 aromatic heterocycles. The highest BCUT2D eigenvalue weighted by molar-refractivity contribution is 6.06. The number of para-hydroxylation sites is 1. The molecule has 0 bridgehead atoms. The Hall–Kier alpha value is -3.35. The van der Waals surface area contributed by atoms with Gasteiger partial charge in [-0.2, -0.15) is 0 Å². The van der Waals surface area contributed by atoms with E-state index in [9.17, 15) is 4.79 Å². The highest BCUT2D eigenvalue weighted by atomic mass is 16.5. The lowest BCUT2D eigenvalue weighted by molar-refractivity contribution is 0.101. The van der Waals surface area contributed by atoms with Crippen LogP contribution in [0.25, 0.3) is 22.6 Å². The van der Waals surface area contributed by atoms with Crippen molar-refractivity contribution < 1.29 is 18.2 Å². The van der Waals surface area contributed by atoms with Crippen molar-refractivity contribution >= 4 is 22.7 Å². The Morgan fingerprint density at radius 2 is 2.09 bits per heavy atom. The highest BCUT2D eigenvalue weighted by Crippen LogP contribution is 2.25. The lowest BCUT2D eigenvalue weighted by atomic mass is 10.2. The first-order valence-corrected chi connectivity index (χ1v) is 6.89. The SMILES string of the molecule is Cc1nc2cccc(NC(=O)c3cc(-c4ccco4)on3)c2o1. The van der Waals surface area contributed by atoms with Crippen LogP contribution in [0.5, 0.6) is 0 Å².